The summed E-state index contributed by atoms with van der Waals surface area (Å²) < 4.78 is 22.3. The summed E-state index contributed by atoms with van der Waals surface area (Å²) in [6, 6.07) is 12.9. The smallest absolute Gasteiger partial charge is 0.412 e. The Balaban J connectivity index is 1.81. The minimum absolute atomic E-state index is 0.316. The van der Waals surface area contributed by atoms with Crippen LogP contribution in [0.5, 0.6) is 0 Å². The highest BCUT2D eigenvalue weighted by atomic mass is 35.5. The van der Waals surface area contributed by atoms with Gasteiger partial charge >= 0.3 is 12.1 Å². The minimum Gasteiger partial charge on any atom is -0.449 e. The zero-order chi connectivity index (χ0) is 23.3. The summed E-state index contributed by atoms with van der Waals surface area (Å²) in [5.74, 6) is -1.15. The van der Waals surface area contributed by atoms with Gasteiger partial charge < -0.3 is 24.1 Å². The molecule has 3 rings (SSSR count). The third kappa shape index (κ3) is 5.90. The first-order chi connectivity index (χ1) is 15.3. The van der Waals surface area contributed by atoms with Crippen molar-refractivity contribution in [2.24, 2.45) is 5.92 Å². The number of hydrogen-bond donors (Lipinski definition) is 2. The number of halogens is 2. The van der Waals surface area contributed by atoms with Crippen LogP contribution in [-0.4, -0.2) is 55.5 Å². The van der Waals surface area contributed by atoms with Crippen LogP contribution < -0.4 is 5.32 Å². The SMILES string of the molecule is COC1OC(CO)C(C)C(OC(=O)Nc2cc(Cl)cc(Cl)c2)C1OC(=O)c1ccccc1. The van der Waals surface area contributed by atoms with Crippen molar-refractivity contribution >= 4 is 41.0 Å². The number of rotatable bonds is 6. The molecule has 1 aliphatic heterocycles. The molecular formula is C22H23Cl2NO7. The molecule has 1 fully saturated rings. The van der Waals surface area contributed by atoms with Gasteiger partial charge in [0.05, 0.1) is 18.3 Å². The van der Waals surface area contributed by atoms with Crippen LogP contribution in [0.4, 0.5) is 10.5 Å². The van der Waals surface area contributed by atoms with Crippen LogP contribution in [-0.2, 0) is 18.9 Å². The molecule has 1 saturated heterocycles. The first-order valence-corrected chi connectivity index (χ1v) is 10.6. The van der Waals surface area contributed by atoms with Gasteiger partial charge in [-0.3, -0.25) is 5.32 Å². The molecule has 32 heavy (non-hydrogen) atoms. The highest BCUT2D eigenvalue weighted by Crippen LogP contribution is 2.32. The average molecular weight is 484 g/mol. The second-order valence-electron chi connectivity index (χ2n) is 7.21. The number of carbonyl (C=O) groups is 2. The van der Waals surface area contributed by atoms with Gasteiger partial charge in [-0.1, -0.05) is 48.3 Å². The van der Waals surface area contributed by atoms with Crippen molar-refractivity contribution in [1.82, 2.24) is 0 Å². The van der Waals surface area contributed by atoms with E-state index in [0.717, 1.165) is 0 Å². The Morgan fingerprint density at radius 2 is 1.72 bits per heavy atom. The van der Waals surface area contributed by atoms with Crippen molar-refractivity contribution in [1.29, 1.82) is 0 Å². The van der Waals surface area contributed by atoms with Crippen LogP contribution in [0.15, 0.2) is 48.5 Å². The number of methoxy groups -OCH3 is 1. The van der Waals surface area contributed by atoms with E-state index in [0.29, 0.717) is 21.3 Å². The molecule has 2 aromatic carbocycles. The zero-order valence-corrected chi connectivity index (χ0v) is 18.9. The number of aliphatic hydroxyl groups excluding tert-OH is 1. The van der Waals surface area contributed by atoms with Gasteiger partial charge in [0.1, 0.15) is 0 Å². The Hall–Kier alpha value is -2.36. The summed E-state index contributed by atoms with van der Waals surface area (Å²) in [5.41, 5.74) is 0.642. The fourth-order valence-electron chi connectivity index (χ4n) is 3.40. The highest BCUT2D eigenvalue weighted by molar-refractivity contribution is 6.35. The number of ether oxygens (including phenoxy) is 4. The third-order valence-corrected chi connectivity index (χ3v) is 5.46. The monoisotopic (exact) mass is 483 g/mol. The molecule has 2 N–H and O–H groups in total. The number of carbonyl (C=O) groups excluding carboxylic acids is 2. The molecule has 5 unspecified atom stereocenters. The standard InChI is InChI=1S/C22H23Cl2NO7/c1-12-17(11-26)30-21(29-2)19(31-20(27)13-6-4-3-5-7-13)18(12)32-22(28)25-16-9-14(23)8-15(24)10-16/h3-10,12,17-19,21,26H,11H2,1-2H3,(H,25,28). The Labute approximate surface area is 195 Å². The van der Waals surface area contributed by atoms with Gasteiger partial charge in [-0.15, -0.1) is 0 Å². The van der Waals surface area contributed by atoms with Crippen molar-refractivity contribution in [3.63, 3.8) is 0 Å². The molecule has 0 spiro atoms. The number of amides is 1. The van der Waals surface area contributed by atoms with Gasteiger partial charge in [0.2, 0.25) is 0 Å². The van der Waals surface area contributed by atoms with E-state index >= 15 is 0 Å². The Kier molecular flexibility index (Phi) is 8.33. The molecule has 172 valence electrons. The summed E-state index contributed by atoms with van der Waals surface area (Å²) in [4.78, 5) is 25.3. The lowest BCUT2D eigenvalue weighted by Crippen LogP contribution is -2.58. The summed E-state index contributed by atoms with van der Waals surface area (Å²) in [6.07, 6.45) is -4.65. The maximum Gasteiger partial charge on any atom is 0.412 e. The summed E-state index contributed by atoms with van der Waals surface area (Å²) >= 11 is 11.9. The van der Waals surface area contributed by atoms with E-state index in [4.69, 9.17) is 42.1 Å². The molecule has 0 aliphatic carbocycles. The molecule has 1 amide bonds. The van der Waals surface area contributed by atoms with Gasteiger partial charge in [-0.05, 0) is 30.3 Å². The van der Waals surface area contributed by atoms with Gasteiger partial charge in [0.15, 0.2) is 18.5 Å². The summed E-state index contributed by atoms with van der Waals surface area (Å²) in [7, 11) is 1.36. The van der Waals surface area contributed by atoms with Crippen LogP contribution in [0.2, 0.25) is 10.0 Å². The number of esters is 1. The maximum atomic E-state index is 12.7. The molecule has 5 atom stereocenters. The van der Waals surface area contributed by atoms with E-state index in [2.05, 4.69) is 5.32 Å². The first kappa shape index (κ1) is 24.3. The van der Waals surface area contributed by atoms with Crippen LogP contribution in [0, 0.1) is 5.92 Å². The van der Waals surface area contributed by atoms with E-state index in [9.17, 15) is 14.7 Å². The second kappa shape index (κ2) is 11.0. The third-order valence-electron chi connectivity index (χ3n) is 5.02. The lowest BCUT2D eigenvalue weighted by atomic mass is 9.90. The molecule has 0 aromatic heterocycles. The largest absolute Gasteiger partial charge is 0.449 e. The molecule has 0 saturated carbocycles. The van der Waals surface area contributed by atoms with Crippen LogP contribution >= 0.6 is 23.2 Å². The number of anilines is 1. The van der Waals surface area contributed by atoms with Crippen LogP contribution in [0.1, 0.15) is 17.3 Å². The average Bonchev–Trinajstić information content (AvgIpc) is 2.76. The van der Waals surface area contributed by atoms with Crippen LogP contribution in [0.25, 0.3) is 0 Å². The van der Waals surface area contributed by atoms with Crippen molar-refractivity contribution in [3.05, 3.63) is 64.1 Å². The predicted molar refractivity (Wildman–Crippen MR) is 118 cm³/mol. The summed E-state index contributed by atoms with van der Waals surface area (Å²) in [6.45, 7) is 1.37. The molecule has 0 bridgehead atoms. The topological polar surface area (TPSA) is 103 Å². The maximum absolute atomic E-state index is 12.7. The normalized spacial score (nSPS) is 25.1. The van der Waals surface area contributed by atoms with Crippen molar-refractivity contribution < 1.29 is 33.6 Å². The van der Waals surface area contributed by atoms with Gasteiger partial charge in [-0.25, -0.2) is 9.59 Å². The molecule has 10 heteroatoms. The fourth-order valence-corrected chi connectivity index (χ4v) is 3.92. The fraction of sp³-hybridized carbons (Fsp3) is 0.364. The summed E-state index contributed by atoms with van der Waals surface area (Å²) in [5, 5.41) is 12.9. The molecule has 2 aromatic rings. The van der Waals surface area contributed by atoms with E-state index in [1.165, 1.54) is 25.3 Å². The lowest BCUT2D eigenvalue weighted by Gasteiger charge is -2.43. The lowest BCUT2D eigenvalue weighted by molar-refractivity contribution is -0.278. The minimum atomic E-state index is -1.08. The van der Waals surface area contributed by atoms with E-state index in [1.807, 2.05) is 0 Å². The molecule has 1 aliphatic rings. The van der Waals surface area contributed by atoms with Crippen molar-refractivity contribution in [3.8, 4) is 0 Å². The van der Waals surface area contributed by atoms with Crippen LogP contribution in [0.3, 0.4) is 0 Å². The van der Waals surface area contributed by atoms with Crippen molar-refractivity contribution in [2.45, 2.75) is 31.5 Å². The van der Waals surface area contributed by atoms with Gasteiger partial charge in [0, 0.05) is 28.8 Å². The predicted octanol–water partition coefficient (Wildman–Crippen LogP) is 4.14. The Morgan fingerprint density at radius 3 is 2.31 bits per heavy atom. The number of nitrogens with one attached hydrogen (secondary N) is 1. The molecular weight excluding hydrogens is 461 g/mol. The van der Waals surface area contributed by atoms with Gasteiger partial charge in [0.25, 0.3) is 0 Å². The quantitative estimate of drug-likeness (QED) is 0.595. The Bertz CT molecular complexity index is 923. The molecule has 1 heterocycles. The van der Waals surface area contributed by atoms with E-state index < -0.39 is 42.6 Å². The van der Waals surface area contributed by atoms with E-state index in [1.54, 1.807) is 37.3 Å². The number of hydrogen-bond acceptors (Lipinski definition) is 7. The van der Waals surface area contributed by atoms with Crippen molar-refractivity contribution in [2.75, 3.05) is 19.0 Å². The molecule has 0 radical (unpaired) electrons. The second-order valence-corrected chi connectivity index (χ2v) is 8.08. The first-order valence-electron chi connectivity index (χ1n) is 9.81. The van der Waals surface area contributed by atoms with Gasteiger partial charge in [-0.2, -0.15) is 0 Å². The number of benzene rings is 2. The zero-order valence-electron chi connectivity index (χ0n) is 17.4. The number of aliphatic hydroxyl groups is 1. The Morgan fingerprint density at radius 1 is 1.06 bits per heavy atom. The molecule has 8 nitrogen and oxygen atoms in total. The van der Waals surface area contributed by atoms with E-state index in [-0.39, 0.29) is 6.61 Å². The highest BCUT2D eigenvalue weighted by Gasteiger charge is 2.48.